The number of rotatable bonds is 5. The summed E-state index contributed by atoms with van der Waals surface area (Å²) in [5.41, 5.74) is 2.67. The van der Waals surface area contributed by atoms with Crippen molar-refractivity contribution in [2.24, 2.45) is 0 Å². The minimum Gasteiger partial charge on any atom is -0.322 e. The molecule has 0 heterocycles. The maximum Gasteiger partial charge on any atom is 0.255 e. The summed E-state index contributed by atoms with van der Waals surface area (Å²) in [5, 5.41) is 2.92. The number of carbonyl (C=O) groups is 1. The summed E-state index contributed by atoms with van der Waals surface area (Å²) >= 11 is 7.92. The molecule has 2 aromatic carbocycles. The number of carbonyl (C=O) groups excluding carboxylic acids is 1. The van der Waals surface area contributed by atoms with Crippen molar-refractivity contribution in [3.05, 3.63) is 63.2 Å². The van der Waals surface area contributed by atoms with Crippen LogP contribution in [0.5, 0.6) is 0 Å². The molecule has 0 fully saturated rings. The van der Waals surface area contributed by atoms with E-state index in [1.54, 1.807) is 0 Å². The fraction of sp³-hybridized carbons (Fsp3) is 0.188. The molecule has 1 N–H and O–H groups in total. The lowest BCUT2D eigenvalue weighted by Gasteiger charge is -2.07. The molecule has 20 heavy (non-hydrogen) atoms. The molecule has 2 nitrogen and oxygen atoms in total. The zero-order valence-corrected chi connectivity index (χ0v) is 13.8. The Morgan fingerprint density at radius 2 is 1.90 bits per heavy atom. The first-order valence-electron chi connectivity index (χ1n) is 6.41. The first kappa shape index (κ1) is 15.3. The molecule has 0 aliphatic heterocycles. The Morgan fingerprint density at radius 1 is 1.15 bits per heavy atom. The topological polar surface area (TPSA) is 29.1 Å². The molecule has 0 aliphatic rings. The van der Waals surface area contributed by atoms with Crippen LogP contribution in [-0.2, 0) is 6.42 Å². The first-order chi connectivity index (χ1) is 9.69. The van der Waals surface area contributed by atoms with Gasteiger partial charge in [-0.3, -0.25) is 4.79 Å². The van der Waals surface area contributed by atoms with Gasteiger partial charge in [0.2, 0.25) is 0 Å². The van der Waals surface area contributed by atoms with Crippen LogP contribution in [0.15, 0.2) is 48.5 Å². The van der Waals surface area contributed by atoms with Gasteiger partial charge in [-0.2, -0.15) is 0 Å². The molecular weight excluding hydrogens is 385 g/mol. The third-order valence-electron chi connectivity index (χ3n) is 2.89. The number of nitrogens with one attached hydrogen (secondary N) is 1. The van der Waals surface area contributed by atoms with E-state index >= 15 is 0 Å². The van der Waals surface area contributed by atoms with E-state index in [9.17, 15) is 4.79 Å². The number of hydrogen-bond donors (Lipinski definition) is 1. The summed E-state index contributed by atoms with van der Waals surface area (Å²) in [6, 6.07) is 15.4. The number of aryl methyl sites for hydroxylation is 1. The van der Waals surface area contributed by atoms with Gasteiger partial charge in [-0.1, -0.05) is 12.1 Å². The van der Waals surface area contributed by atoms with Crippen LogP contribution in [0.4, 0.5) is 5.69 Å². The first-order valence-corrected chi connectivity index (χ1v) is 8.02. The summed E-state index contributed by atoms with van der Waals surface area (Å²) < 4.78 is 1.11. The van der Waals surface area contributed by atoms with E-state index in [1.165, 1.54) is 5.56 Å². The predicted octanol–water partition coefficient (Wildman–Crippen LogP) is 4.71. The molecule has 0 radical (unpaired) electrons. The van der Waals surface area contributed by atoms with Crippen molar-refractivity contribution < 1.29 is 4.79 Å². The van der Waals surface area contributed by atoms with Crippen LogP contribution in [0.25, 0.3) is 0 Å². The third-order valence-corrected chi connectivity index (χ3v) is 3.88. The Hall–Kier alpha value is -1.07. The highest BCUT2D eigenvalue weighted by Crippen LogP contribution is 2.14. The highest BCUT2D eigenvalue weighted by molar-refractivity contribution is 14.1. The molecule has 2 aromatic rings. The smallest absolute Gasteiger partial charge is 0.255 e. The number of anilines is 1. The summed E-state index contributed by atoms with van der Waals surface area (Å²) in [7, 11) is 0. The number of hydrogen-bond acceptors (Lipinski definition) is 1. The number of alkyl halides is 1. The average Bonchev–Trinajstić information content (AvgIpc) is 2.46. The molecule has 4 heteroatoms. The van der Waals surface area contributed by atoms with Crippen molar-refractivity contribution in [3.63, 3.8) is 0 Å². The minimum atomic E-state index is -0.0871. The van der Waals surface area contributed by atoms with Crippen LogP contribution < -0.4 is 5.32 Å². The number of amides is 1. The normalized spacial score (nSPS) is 10.3. The van der Waals surface area contributed by atoms with Crippen molar-refractivity contribution in [2.75, 3.05) is 11.2 Å². The van der Waals surface area contributed by atoms with Gasteiger partial charge >= 0.3 is 0 Å². The fourth-order valence-electron chi connectivity index (χ4n) is 1.88. The van der Waals surface area contributed by atoms with E-state index in [4.69, 9.17) is 11.6 Å². The Balaban J connectivity index is 2.05. The zero-order valence-electron chi connectivity index (χ0n) is 10.9. The summed E-state index contributed by atoms with van der Waals surface area (Å²) in [6.07, 6.45) is 1.87. The lowest BCUT2D eigenvalue weighted by Crippen LogP contribution is -2.11. The van der Waals surface area contributed by atoms with E-state index in [2.05, 4.69) is 27.9 Å². The van der Waals surface area contributed by atoms with E-state index in [1.807, 2.05) is 48.5 Å². The van der Waals surface area contributed by atoms with Crippen LogP contribution in [-0.4, -0.2) is 11.8 Å². The molecule has 0 bridgehead atoms. The molecular formula is C16H15ClINO. The van der Waals surface area contributed by atoms with E-state index in [0.717, 1.165) is 22.1 Å². The van der Waals surface area contributed by atoms with Gasteiger partial charge in [0.25, 0.3) is 5.91 Å². The second kappa shape index (κ2) is 7.64. The van der Waals surface area contributed by atoms with Gasteiger partial charge in [0, 0.05) is 20.7 Å². The molecule has 0 unspecified atom stereocenters. The molecule has 0 spiro atoms. The zero-order chi connectivity index (χ0) is 14.4. The third kappa shape index (κ3) is 4.49. The summed E-state index contributed by atoms with van der Waals surface area (Å²) in [4.78, 5) is 12.1. The summed E-state index contributed by atoms with van der Waals surface area (Å²) in [5.74, 6) is 0.565. The Morgan fingerprint density at radius 3 is 2.60 bits per heavy atom. The molecule has 1 amide bonds. The number of benzene rings is 2. The number of halogens is 2. The van der Waals surface area contributed by atoms with E-state index in [0.29, 0.717) is 11.4 Å². The van der Waals surface area contributed by atoms with Crippen molar-refractivity contribution in [2.45, 2.75) is 12.8 Å². The van der Waals surface area contributed by atoms with Crippen molar-refractivity contribution in [1.82, 2.24) is 0 Å². The predicted molar refractivity (Wildman–Crippen MR) is 92.6 cm³/mol. The molecule has 0 atom stereocenters. The highest BCUT2D eigenvalue weighted by atomic mass is 127. The van der Waals surface area contributed by atoms with Crippen LogP contribution >= 0.6 is 34.2 Å². The maximum atomic E-state index is 12.1. The Kier molecular flexibility index (Phi) is 5.86. The molecule has 0 aliphatic carbocycles. The Bertz CT molecular complexity index is 583. The van der Waals surface area contributed by atoms with Gasteiger partial charge in [0.05, 0.1) is 0 Å². The lowest BCUT2D eigenvalue weighted by molar-refractivity contribution is 0.102. The Labute approximate surface area is 137 Å². The lowest BCUT2D eigenvalue weighted by atomic mass is 10.1. The highest BCUT2D eigenvalue weighted by Gasteiger charge is 2.06. The van der Waals surface area contributed by atoms with E-state index in [-0.39, 0.29) is 5.91 Å². The van der Waals surface area contributed by atoms with Gasteiger partial charge in [0.1, 0.15) is 0 Å². The monoisotopic (exact) mass is 399 g/mol. The van der Waals surface area contributed by atoms with E-state index < -0.39 is 0 Å². The summed E-state index contributed by atoms with van der Waals surface area (Å²) in [6.45, 7) is 0. The second-order valence-electron chi connectivity index (χ2n) is 4.45. The van der Waals surface area contributed by atoms with Crippen LogP contribution in [0.3, 0.4) is 0 Å². The largest absolute Gasteiger partial charge is 0.322 e. The van der Waals surface area contributed by atoms with Crippen molar-refractivity contribution in [1.29, 1.82) is 0 Å². The van der Waals surface area contributed by atoms with Crippen molar-refractivity contribution >= 4 is 45.8 Å². The fourth-order valence-corrected chi connectivity index (χ4v) is 2.37. The van der Waals surface area contributed by atoms with Crippen LogP contribution in [0.2, 0.25) is 0 Å². The van der Waals surface area contributed by atoms with Gasteiger partial charge in [-0.25, -0.2) is 0 Å². The second-order valence-corrected chi connectivity index (χ2v) is 6.08. The minimum absolute atomic E-state index is 0.0871. The van der Waals surface area contributed by atoms with Crippen LogP contribution in [0, 0.1) is 3.57 Å². The molecule has 0 saturated carbocycles. The SMILES string of the molecule is O=C(Nc1cccc(CCCCl)c1)c1ccc(I)cc1. The van der Waals surface area contributed by atoms with Crippen molar-refractivity contribution in [3.8, 4) is 0 Å². The average molecular weight is 400 g/mol. The molecule has 0 saturated heterocycles. The molecule has 0 aromatic heterocycles. The molecule has 104 valence electrons. The van der Waals surface area contributed by atoms with Gasteiger partial charge in [0.15, 0.2) is 0 Å². The maximum absolute atomic E-state index is 12.1. The standard InChI is InChI=1S/C16H15ClINO/c17-10-2-4-12-3-1-5-15(11-12)19-16(20)13-6-8-14(18)9-7-13/h1,3,5-9,11H,2,4,10H2,(H,19,20). The van der Waals surface area contributed by atoms with Gasteiger partial charge in [-0.15, -0.1) is 11.6 Å². The molecule has 2 rings (SSSR count). The van der Waals surface area contributed by atoms with Gasteiger partial charge in [-0.05, 0) is 77.4 Å². The van der Waals surface area contributed by atoms with Gasteiger partial charge < -0.3 is 5.32 Å². The van der Waals surface area contributed by atoms with Crippen LogP contribution in [0.1, 0.15) is 22.3 Å². The quantitative estimate of drug-likeness (QED) is 0.572.